The van der Waals surface area contributed by atoms with Crippen LogP contribution in [0.1, 0.15) is 54.9 Å². The van der Waals surface area contributed by atoms with E-state index in [4.69, 9.17) is 0 Å². The van der Waals surface area contributed by atoms with Gasteiger partial charge in [-0.05, 0) is 25.0 Å². The Morgan fingerprint density at radius 1 is 1.19 bits per heavy atom. The average Bonchev–Trinajstić information content (AvgIpc) is 2.74. The molecule has 0 N–H and O–H groups in total. The Hall–Kier alpha value is -1.97. The molecule has 0 spiro atoms. The van der Waals surface area contributed by atoms with E-state index in [0.717, 1.165) is 19.1 Å². The zero-order valence-corrected chi connectivity index (χ0v) is 12.0. The van der Waals surface area contributed by atoms with Crippen molar-refractivity contribution in [1.29, 1.82) is 0 Å². The van der Waals surface area contributed by atoms with Gasteiger partial charge in [-0.1, -0.05) is 37.8 Å². The summed E-state index contributed by atoms with van der Waals surface area (Å²) in [6, 6.07) is 6.60. The van der Waals surface area contributed by atoms with Crippen LogP contribution in [0.4, 0.5) is 4.39 Å². The van der Waals surface area contributed by atoms with Crippen molar-refractivity contribution in [3.8, 4) is 11.3 Å². The molecule has 21 heavy (non-hydrogen) atoms. The van der Waals surface area contributed by atoms with Crippen molar-refractivity contribution in [3.63, 3.8) is 0 Å². The monoisotopic (exact) mass is 286 g/mol. The normalized spacial score (nSPS) is 16.6. The van der Waals surface area contributed by atoms with Gasteiger partial charge in [0.1, 0.15) is 11.5 Å². The van der Waals surface area contributed by atoms with E-state index < -0.39 is 0 Å². The number of hydrogen-bond donors (Lipinski definition) is 0. The third-order valence-electron chi connectivity index (χ3n) is 4.18. The van der Waals surface area contributed by atoms with Crippen LogP contribution in [0.2, 0.25) is 0 Å². The third-order valence-corrected chi connectivity index (χ3v) is 4.18. The molecular weight excluding hydrogens is 267 g/mol. The number of nitrogens with zero attached hydrogens (tertiary/aromatic N) is 2. The number of aldehydes is 1. The van der Waals surface area contributed by atoms with Gasteiger partial charge < -0.3 is 0 Å². The molecule has 1 saturated carbocycles. The number of rotatable bonds is 3. The van der Waals surface area contributed by atoms with E-state index >= 15 is 0 Å². The van der Waals surface area contributed by atoms with E-state index in [0.29, 0.717) is 22.9 Å². The summed E-state index contributed by atoms with van der Waals surface area (Å²) in [5.74, 6) is -0.312. The van der Waals surface area contributed by atoms with Crippen LogP contribution in [-0.2, 0) is 0 Å². The van der Waals surface area contributed by atoms with Crippen molar-refractivity contribution in [2.75, 3.05) is 0 Å². The molecule has 0 radical (unpaired) electrons. The molecule has 0 aliphatic heterocycles. The van der Waals surface area contributed by atoms with Crippen LogP contribution in [0.25, 0.3) is 11.3 Å². The summed E-state index contributed by atoms with van der Waals surface area (Å²) in [7, 11) is 0. The highest BCUT2D eigenvalue weighted by Crippen LogP contribution is 2.29. The van der Waals surface area contributed by atoms with Gasteiger partial charge in [-0.15, -0.1) is 0 Å². The predicted molar refractivity (Wildman–Crippen MR) is 79.7 cm³/mol. The van der Waals surface area contributed by atoms with Crippen LogP contribution < -0.4 is 0 Å². The minimum Gasteiger partial charge on any atom is -0.298 e. The maximum Gasteiger partial charge on any atom is 0.153 e. The minimum atomic E-state index is -0.312. The lowest BCUT2D eigenvalue weighted by molar-refractivity contribution is 0.112. The van der Waals surface area contributed by atoms with Crippen molar-refractivity contribution in [2.45, 2.75) is 44.6 Å². The molecule has 3 rings (SSSR count). The number of halogens is 1. The first kappa shape index (κ1) is 14.0. The highest BCUT2D eigenvalue weighted by molar-refractivity contribution is 5.85. The van der Waals surface area contributed by atoms with E-state index in [-0.39, 0.29) is 5.82 Å². The quantitative estimate of drug-likeness (QED) is 0.619. The van der Waals surface area contributed by atoms with Crippen molar-refractivity contribution < 1.29 is 9.18 Å². The SMILES string of the molecule is O=Cc1cn(C2CCCCCC2)nc1-c1cccc(F)c1. The van der Waals surface area contributed by atoms with Crippen LogP contribution in [0.5, 0.6) is 0 Å². The zero-order chi connectivity index (χ0) is 14.7. The fraction of sp³-hybridized carbons (Fsp3) is 0.412. The molecule has 3 nitrogen and oxygen atoms in total. The Morgan fingerprint density at radius 2 is 1.95 bits per heavy atom. The molecule has 0 unspecified atom stereocenters. The molecule has 0 bridgehead atoms. The maximum absolute atomic E-state index is 13.4. The fourth-order valence-electron chi connectivity index (χ4n) is 3.06. The average molecular weight is 286 g/mol. The van der Waals surface area contributed by atoms with Crippen LogP contribution in [0, 0.1) is 5.82 Å². The molecule has 2 aromatic rings. The summed E-state index contributed by atoms with van der Waals surface area (Å²) >= 11 is 0. The first-order chi connectivity index (χ1) is 10.3. The second kappa shape index (κ2) is 6.20. The molecule has 0 saturated heterocycles. The highest BCUT2D eigenvalue weighted by Gasteiger charge is 2.18. The van der Waals surface area contributed by atoms with Gasteiger partial charge in [0, 0.05) is 11.8 Å². The Bertz CT molecular complexity index is 627. The molecule has 0 amide bonds. The highest BCUT2D eigenvalue weighted by atomic mass is 19.1. The molecule has 1 aliphatic rings. The lowest BCUT2D eigenvalue weighted by Crippen LogP contribution is -2.08. The van der Waals surface area contributed by atoms with E-state index in [1.807, 2.05) is 10.9 Å². The van der Waals surface area contributed by atoms with Crippen LogP contribution in [-0.4, -0.2) is 16.1 Å². The molecular formula is C17H19FN2O. The Morgan fingerprint density at radius 3 is 2.62 bits per heavy atom. The summed E-state index contributed by atoms with van der Waals surface area (Å²) in [6.45, 7) is 0. The summed E-state index contributed by atoms with van der Waals surface area (Å²) in [5.41, 5.74) is 1.77. The number of hydrogen-bond acceptors (Lipinski definition) is 2. The second-order valence-corrected chi connectivity index (χ2v) is 5.69. The van der Waals surface area contributed by atoms with Gasteiger partial charge in [-0.25, -0.2) is 4.39 Å². The van der Waals surface area contributed by atoms with Gasteiger partial charge in [-0.3, -0.25) is 9.48 Å². The Kier molecular flexibility index (Phi) is 4.13. The summed E-state index contributed by atoms with van der Waals surface area (Å²) in [4.78, 5) is 11.3. The van der Waals surface area contributed by atoms with Crippen molar-refractivity contribution in [1.82, 2.24) is 9.78 Å². The topological polar surface area (TPSA) is 34.9 Å². The summed E-state index contributed by atoms with van der Waals surface area (Å²) < 4.78 is 15.3. The Balaban J connectivity index is 1.96. The molecule has 110 valence electrons. The van der Waals surface area contributed by atoms with Gasteiger partial charge in [0.15, 0.2) is 6.29 Å². The fourth-order valence-corrected chi connectivity index (χ4v) is 3.06. The van der Waals surface area contributed by atoms with Crippen molar-refractivity contribution in [2.24, 2.45) is 0 Å². The lowest BCUT2D eigenvalue weighted by atomic mass is 10.1. The van der Waals surface area contributed by atoms with Gasteiger partial charge in [0.05, 0.1) is 11.6 Å². The van der Waals surface area contributed by atoms with Gasteiger partial charge in [-0.2, -0.15) is 5.10 Å². The molecule has 1 heterocycles. The smallest absolute Gasteiger partial charge is 0.153 e. The van der Waals surface area contributed by atoms with E-state index in [9.17, 15) is 9.18 Å². The molecule has 0 atom stereocenters. The lowest BCUT2D eigenvalue weighted by Gasteiger charge is -2.14. The number of carbonyl (C=O) groups is 1. The summed E-state index contributed by atoms with van der Waals surface area (Å²) in [6.07, 6.45) is 9.77. The standard InChI is InChI=1S/C17H19FN2O/c18-15-7-5-6-13(10-15)17-14(12-21)11-20(19-17)16-8-3-1-2-4-9-16/h5-7,10-12,16H,1-4,8-9H2. The number of benzene rings is 1. The largest absolute Gasteiger partial charge is 0.298 e. The molecule has 4 heteroatoms. The van der Waals surface area contributed by atoms with E-state index in [1.165, 1.54) is 37.8 Å². The molecule has 1 aromatic carbocycles. The van der Waals surface area contributed by atoms with Crippen LogP contribution in [0.15, 0.2) is 30.5 Å². The first-order valence-electron chi connectivity index (χ1n) is 7.58. The van der Waals surface area contributed by atoms with Gasteiger partial charge >= 0.3 is 0 Å². The zero-order valence-electron chi connectivity index (χ0n) is 12.0. The van der Waals surface area contributed by atoms with Crippen molar-refractivity contribution >= 4 is 6.29 Å². The van der Waals surface area contributed by atoms with Crippen molar-refractivity contribution in [3.05, 3.63) is 41.8 Å². The first-order valence-corrected chi connectivity index (χ1v) is 7.58. The van der Waals surface area contributed by atoms with Crippen LogP contribution in [0.3, 0.4) is 0 Å². The number of carbonyl (C=O) groups excluding carboxylic acids is 1. The third kappa shape index (κ3) is 3.04. The predicted octanol–water partition coefficient (Wildman–Crippen LogP) is 4.40. The van der Waals surface area contributed by atoms with Crippen LogP contribution >= 0.6 is 0 Å². The van der Waals surface area contributed by atoms with Gasteiger partial charge in [0.25, 0.3) is 0 Å². The van der Waals surface area contributed by atoms with E-state index in [2.05, 4.69) is 5.10 Å². The van der Waals surface area contributed by atoms with E-state index in [1.54, 1.807) is 12.1 Å². The minimum absolute atomic E-state index is 0.312. The second-order valence-electron chi connectivity index (χ2n) is 5.69. The molecule has 1 aromatic heterocycles. The van der Waals surface area contributed by atoms with Gasteiger partial charge in [0.2, 0.25) is 0 Å². The Labute approximate surface area is 123 Å². The number of aromatic nitrogens is 2. The maximum atomic E-state index is 13.4. The molecule has 1 fully saturated rings. The molecule has 1 aliphatic carbocycles. The summed E-state index contributed by atoms with van der Waals surface area (Å²) in [5, 5.41) is 4.58.